The zero-order valence-electron chi connectivity index (χ0n) is 19.9. The second-order valence-electron chi connectivity index (χ2n) is 9.51. The van der Waals surface area contributed by atoms with Gasteiger partial charge in [0.15, 0.2) is 5.82 Å². The smallest absolute Gasteiger partial charge is 0.497 e. The van der Waals surface area contributed by atoms with Crippen molar-refractivity contribution < 1.29 is 23.6 Å². The molecule has 5 rings (SSSR count). The summed E-state index contributed by atoms with van der Waals surface area (Å²) < 4.78 is 19.5. The number of benzene rings is 2. The van der Waals surface area contributed by atoms with Crippen molar-refractivity contribution in [2.45, 2.75) is 45.4 Å². The molecule has 2 amide bonds. The van der Waals surface area contributed by atoms with Gasteiger partial charge in [0, 0.05) is 6.07 Å². The Labute approximate surface area is 198 Å². The van der Waals surface area contributed by atoms with E-state index in [1.807, 2.05) is 52.0 Å². The summed E-state index contributed by atoms with van der Waals surface area (Å²) in [6, 6.07) is 16.1. The van der Waals surface area contributed by atoms with E-state index >= 15 is 0 Å². The summed E-state index contributed by atoms with van der Waals surface area (Å²) in [5.41, 5.74) is 1.23. The number of aromatic nitrogens is 2. The molecule has 0 saturated carbocycles. The third kappa shape index (κ3) is 3.52. The van der Waals surface area contributed by atoms with Gasteiger partial charge in [-0.2, -0.15) is 5.10 Å². The maximum Gasteiger partial charge on any atom is 0.514 e. The summed E-state index contributed by atoms with van der Waals surface area (Å²) in [5.74, 6) is 0.205. The first kappa shape index (κ1) is 22.4. The molecule has 1 fully saturated rings. The lowest BCUT2D eigenvalue weighted by molar-refractivity contribution is 0.00578. The van der Waals surface area contributed by atoms with Gasteiger partial charge in [-0.1, -0.05) is 24.3 Å². The predicted octanol–water partition coefficient (Wildman–Crippen LogP) is 3.04. The number of hydrogen-bond donors (Lipinski definition) is 0. The molecule has 8 nitrogen and oxygen atoms in total. The van der Waals surface area contributed by atoms with E-state index in [0.29, 0.717) is 23.3 Å². The SMILES string of the molecule is COc1ccc(Cn2nc(N3C(=O)c4ccccc4C3=O)cc2B2OC(C)(C)C(C)(C)O2)cc1. The lowest BCUT2D eigenvalue weighted by Gasteiger charge is -2.32. The average molecular weight is 459 g/mol. The van der Waals surface area contributed by atoms with Gasteiger partial charge >= 0.3 is 7.12 Å². The van der Waals surface area contributed by atoms with Gasteiger partial charge in [0.05, 0.1) is 41.6 Å². The molecule has 2 aliphatic heterocycles. The van der Waals surface area contributed by atoms with E-state index < -0.39 is 30.1 Å². The molecule has 9 heteroatoms. The number of methoxy groups -OCH3 is 1. The number of hydrogen-bond acceptors (Lipinski definition) is 6. The normalized spacial score (nSPS) is 18.5. The predicted molar refractivity (Wildman–Crippen MR) is 128 cm³/mol. The van der Waals surface area contributed by atoms with Crippen LogP contribution < -0.4 is 15.2 Å². The highest BCUT2D eigenvalue weighted by atomic mass is 16.7. The van der Waals surface area contributed by atoms with Crippen LogP contribution in [0.5, 0.6) is 5.75 Å². The lowest BCUT2D eigenvalue weighted by atomic mass is 9.84. The van der Waals surface area contributed by atoms with Crippen molar-refractivity contribution in [3.05, 3.63) is 71.3 Å². The van der Waals surface area contributed by atoms with Crippen molar-refractivity contribution in [1.82, 2.24) is 9.78 Å². The molecule has 1 aromatic heterocycles. The largest absolute Gasteiger partial charge is 0.514 e. The number of ether oxygens (including phenoxy) is 1. The molecule has 0 bridgehead atoms. The van der Waals surface area contributed by atoms with E-state index in [1.165, 1.54) is 0 Å². The zero-order valence-corrected chi connectivity index (χ0v) is 19.9. The highest BCUT2D eigenvalue weighted by Gasteiger charge is 2.53. The van der Waals surface area contributed by atoms with Crippen LogP contribution in [-0.4, -0.2) is 47.0 Å². The van der Waals surface area contributed by atoms with E-state index in [4.69, 9.17) is 14.0 Å². The monoisotopic (exact) mass is 459 g/mol. The number of fused-ring (bicyclic) bond motifs is 1. The number of amides is 2. The van der Waals surface area contributed by atoms with Gasteiger partial charge in [0.2, 0.25) is 0 Å². The minimum atomic E-state index is -0.709. The molecule has 0 N–H and O–H groups in total. The number of carbonyl (C=O) groups excluding carboxylic acids is 2. The van der Waals surface area contributed by atoms with Crippen LogP contribution in [0, 0.1) is 0 Å². The van der Waals surface area contributed by atoms with Crippen LogP contribution >= 0.6 is 0 Å². The quantitative estimate of drug-likeness (QED) is 0.431. The number of carbonyl (C=O) groups is 2. The number of imide groups is 1. The number of rotatable bonds is 5. The Bertz CT molecular complexity index is 1230. The fourth-order valence-corrected chi connectivity index (χ4v) is 4.11. The highest BCUT2D eigenvalue weighted by molar-refractivity contribution is 6.61. The molecular formula is C25H26BN3O5. The van der Waals surface area contributed by atoms with Gasteiger partial charge in [-0.15, -0.1) is 0 Å². The van der Waals surface area contributed by atoms with Gasteiger partial charge in [0.25, 0.3) is 11.8 Å². The van der Waals surface area contributed by atoms with Crippen LogP contribution in [0.2, 0.25) is 0 Å². The maximum absolute atomic E-state index is 13.1. The summed E-state index contributed by atoms with van der Waals surface area (Å²) in [5, 5.41) is 4.66. The second kappa shape index (κ2) is 7.82. The van der Waals surface area contributed by atoms with E-state index in [1.54, 1.807) is 42.1 Å². The molecule has 0 aliphatic carbocycles. The van der Waals surface area contributed by atoms with Crippen molar-refractivity contribution in [1.29, 1.82) is 0 Å². The minimum absolute atomic E-state index is 0.240. The highest BCUT2D eigenvalue weighted by Crippen LogP contribution is 2.37. The maximum atomic E-state index is 13.1. The fourth-order valence-electron chi connectivity index (χ4n) is 4.11. The topological polar surface area (TPSA) is 82.9 Å². The van der Waals surface area contributed by atoms with Crippen LogP contribution in [0.4, 0.5) is 5.82 Å². The Balaban J connectivity index is 1.55. The van der Waals surface area contributed by atoms with Crippen LogP contribution in [0.1, 0.15) is 54.0 Å². The van der Waals surface area contributed by atoms with Crippen LogP contribution in [0.15, 0.2) is 54.6 Å². The molecule has 34 heavy (non-hydrogen) atoms. The fraction of sp³-hybridized carbons (Fsp3) is 0.320. The van der Waals surface area contributed by atoms with Crippen LogP contribution in [-0.2, 0) is 15.9 Å². The minimum Gasteiger partial charge on any atom is -0.497 e. The Morgan fingerprint density at radius 2 is 1.47 bits per heavy atom. The third-order valence-electron chi connectivity index (χ3n) is 6.81. The van der Waals surface area contributed by atoms with Crippen LogP contribution in [0.3, 0.4) is 0 Å². The third-order valence-corrected chi connectivity index (χ3v) is 6.81. The lowest BCUT2D eigenvalue weighted by Crippen LogP contribution is -2.41. The number of anilines is 1. The molecule has 2 aromatic carbocycles. The van der Waals surface area contributed by atoms with E-state index in [2.05, 4.69) is 5.10 Å². The van der Waals surface area contributed by atoms with Crippen molar-refractivity contribution in [2.75, 3.05) is 12.0 Å². The van der Waals surface area contributed by atoms with Crippen molar-refractivity contribution in [3.63, 3.8) is 0 Å². The van der Waals surface area contributed by atoms with Gasteiger partial charge in [-0.25, -0.2) is 4.90 Å². The summed E-state index contributed by atoms with van der Waals surface area (Å²) >= 11 is 0. The first-order chi connectivity index (χ1) is 16.1. The molecule has 2 aliphatic rings. The van der Waals surface area contributed by atoms with Gasteiger partial charge in [0.1, 0.15) is 5.75 Å². The number of nitrogens with zero attached hydrogens (tertiary/aromatic N) is 3. The van der Waals surface area contributed by atoms with Gasteiger partial charge in [-0.3, -0.25) is 14.3 Å². The molecule has 174 valence electrons. The molecule has 0 spiro atoms. The average Bonchev–Trinajstić information content (AvgIpc) is 3.39. The first-order valence-corrected chi connectivity index (χ1v) is 11.2. The first-order valence-electron chi connectivity index (χ1n) is 11.2. The van der Waals surface area contributed by atoms with Crippen LogP contribution in [0.25, 0.3) is 0 Å². The molecular weight excluding hydrogens is 433 g/mol. The molecule has 3 heterocycles. The van der Waals surface area contributed by atoms with E-state index in [0.717, 1.165) is 16.2 Å². The summed E-state index contributed by atoms with van der Waals surface area (Å²) in [4.78, 5) is 27.2. The van der Waals surface area contributed by atoms with E-state index in [-0.39, 0.29) is 5.82 Å². The second-order valence-corrected chi connectivity index (χ2v) is 9.51. The van der Waals surface area contributed by atoms with Gasteiger partial charge < -0.3 is 14.0 Å². The molecule has 1 saturated heterocycles. The Hall–Kier alpha value is -3.43. The molecule has 3 aromatic rings. The summed E-state index contributed by atoms with van der Waals surface area (Å²) in [6.45, 7) is 8.29. The Morgan fingerprint density at radius 1 is 0.912 bits per heavy atom. The Morgan fingerprint density at radius 3 is 2.00 bits per heavy atom. The Kier molecular flexibility index (Phi) is 5.14. The molecule has 0 unspecified atom stereocenters. The summed E-state index contributed by atoms with van der Waals surface area (Å²) in [7, 11) is 0.910. The van der Waals surface area contributed by atoms with Crippen molar-refractivity contribution in [2.24, 2.45) is 0 Å². The molecule has 0 atom stereocenters. The van der Waals surface area contributed by atoms with E-state index in [9.17, 15) is 9.59 Å². The molecule has 0 radical (unpaired) electrons. The zero-order chi connectivity index (χ0) is 24.3. The van der Waals surface area contributed by atoms with Gasteiger partial charge in [-0.05, 0) is 57.5 Å². The van der Waals surface area contributed by atoms with Crippen molar-refractivity contribution >= 4 is 30.3 Å². The summed E-state index contributed by atoms with van der Waals surface area (Å²) in [6.07, 6.45) is 0. The van der Waals surface area contributed by atoms with Crippen molar-refractivity contribution in [3.8, 4) is 5.75 Å². The standard InChI is InChI=1S/C25H26BN3O5/c1-24(2)25(3,4)34-26(33-24)20-14-21(27-28(20)15-16-10-12-17(32-5)13-11-16)29-22(30)18-8-6-7-9-19(18)23(29)31/h6-14H,15H2,1-5H3.